The first-order valence-corrected chi connectivity index (χ1v) is 12.5. The standard InChI is InChI=1S/C27H25FN2O6S/c28-19-10-6-17(7-11-19)22(31)16-37-26-25(30(27(26)35)20-4-2-1-3-5-20)18-8-12-21(13-9-18)36-15-23(32)29-14-24(33)34/h1-13,22,25-26,31H,14-16H2,(H,29,32)(H,33,34). The molecule has 3 N–H and O–H groups in total. The van der Waals surface area contributed by atoms with Crippen LogP contribution in [0.2, 0.25) is 0 Å². The van der Waals surface area contributed by atoms with Crippen molar-refractivity contribution in [1.82, 2.24) is 5.32 Å². The van der Waals surface area contributed by atoms with Gasteiger partial charge in [0.25, 0.3) is 5.91 Å². The van der Waals surface area contributed by atoms with Crippen molar-refractivity contribution in [1.29, 1.82) is 0 Å². The van der Waals surface area contributed by atoms with Crippen LogP contribution >= 0.6 is 11.8 Å². The molecule has 0 saturated carbocycles. The normalized spacial score (nSPS) is 17.6. The number of carbonyl (C=O) groups is 3. The summed E-state index contributed by atoms with van der Waals surface area (Å²) in [6.07, 6.45) is -0.854. The average molecular weight is 525 g/mol. The van der Waals surface area contributed by atoms with E-state index in [1.165, 1.54) is 36.0 Å². The number of nitrogens with one attached hydrogen (secondary N) is 1. The number of carboxylic acids is 1. The minimum absolute atomic E-state index is 0.0806. The Morgan fingerprint density at radius 3 is 2.35 bits per heavy atom. The van der Waals surface area contributed by atoms with E-state index in [4.69, 9.17) is 9.84 Å². The van der Waals surface area contributed by atoms with E-state index in [0.717, 1.165) is 11.3 Å². The molecule has 192 valence electrons. The molecule has 0 aromatic heterocycles. The number of β-lactam (4-membered cyclic amide) rings is 1. The summed E-state index contributed by atoms with van der Waals surface area (Å²) in [5.74, 6) is -1.49. The monoisotopic (exact) mass is 524 g/mol. The number of ether oxygens (including phenoxy) is 1. The second-order valence-corrected chi connectivity index (χ2v) is 9.51. The summed E-state index contributed by atoms with van der Waals surface area (Å²) in [7, 11) is 0. The van der Waals surface area contributed by atoms with Crippen molar-refractivity contribution in [3.05, 3.63) is 95.8 Å². The zero-order valence-corrected chi connectivity index (χ0v) is 20.4. The average Bonchev–Trinajstić information content (AvgIpc) is 2.90. The largest absolute Gasteiger partial charge is 0.484 e. The Balaban J connectivity index is 1.45. The number of rotatable bonds is 11. The molecule has 1 heterocycles. The lowest BCUT2D eigenvalue weighted by atomic mass is 9.92. The van der Waals surface area contributed by atoms with Gasteiger partial charge in [-0.2, -0.15) is 0 Å². The number of carbonyl (C=O) groups excluding carboxylic acids is 2. The topological polar surface area (TPSA) is 116 Å². The number of thioether (sulfide) groups is 1. The quantitative estimate of drug-likeness (QED) is 0.330. The minimum Gasteiger partial charge on any atom is -0.484 e. The molecule has 1 aliphatic rings. The lowest BCUT2D eigenvalue weighted by Gasteiger charge is -2.47. The van der Waals surface area contributed by atoms with Gasteiger partial charge in [-0.1, -0.05) is 42.5 Å². The molecular weight excluding hydrogens is 499 g/mol. The zero-order chi connectivity index (χ0) is 26.4. The number of hydrogen-bond acceptors (Lipinski definition) is 6. The number of nitrogens with zero attached hydrogens (tertiary/aromatic N) is 1. The molecule has 37 heavy (non-hydrogen) atoms. The van der Waals surface area contributed by atoms with Crippen molar-refractivity contribution >= 4 is 35.2 Å². The molecule has 0 spiro atoms. The van der Waals surface area contributed by atoms with Crippen molar-refractivity contribution < 1.29 is 33.7 Å². The summed E-state index contributed by atoms with van der Waals surface area (Å²) in [5.41, 5.74) is 2.18. The van der Waals surface area contributed by atoms with Crippen LogP contribution in [0.25, 0.3) is 0 Å². The molecule has 1 saturated heterocycles. The molecule has 0 aliphatic carbocycles. The molecular formula is C27H25FN2O6S. The van der Waals surface area contributed by atoms with Gasteiger partial charge in [0.2, 0.25) is 5.91 Å². The van der Waals surface area contributed by atoms with Gasteiger partial charge in [0.1, 0.15) is 23.4 Å². The van der Waals surface area contributed by atoms with E-state index in [0.29, 0.717) is 11.3 Å². The van der Waals surface area contributed by atoms with Crippen LogP contribution in [0.3, 0.4) is 0 Å². The zero-order valence-electron chi connectivity index (χ0n) is 19.6. The van der Waals surface area contributed by atoms with Gasteiger partial charge in [-0.25, -0.2) is 4.39 Å². The highest BCUT2D eigenvalue weighted by Crippen LogP contribution is 2.46. The third kappa shape index (κ3) is 6.46. The minimum atomic E-state index is -1.15. The number of amides is 2. The van der Waals surface area contributed by atoms with Gasteiger partial charge in [-0.15, -0.1) is 11.8 Å². The number of benzene rings is 3. The molecule has 4 rings (SSSR count). The molecule has 0 radical (unpaired) electrons. The van der Waals surface area contributed by atoms with Crippen molar-refractivity contribution in [2.45, 2.75) is 17.4 Å². The van der Waals surface area contributed by atoms with E-state index in [9.17, 15) is 23.9 Å². The smallest absolute Gasteiger partial charge is 0.322 e. The fourth-order valence-corrected chi connectivity index (χ4v) is 5.24. The maximum absolute atomic E-state index is 13.2. The molecule has 1 aliphatic heterocycles. The van der Waals surface area contributed by atoms with E-state index in [1.54, 1.807) is 17.0 Å². The molecule has 8 nitrogen and oxygen atoms in total. The van der Waals surface area contributed by atoms with E-state index in [2.05, 4.69) is 5.32 Å². The number of para-hydroxylation sites is 1. The number of hydrogen-bond donors (Lipinski definition) is 3. The Morgan fingerprint density at radius 2 is 1.70 bits per heavy atom. The van der Waals surface area contributed by atoms with Gasteiger partial charge in [-0.05, 0) is 47.5 Å². The first kappa shape index (κ1) is 26.2. The molecule has 1 fully saturated rings. The molecule has 2 amide bonds. The van der Waals surface area contributed by atoms with Crippen LogP contribution in [0.15, 0.2) is 78.9 Å². The van der Waals surface area contributed by atoms with Gasteiger partial charge < -0.3 is 25.2 Å². The summed E-state index contributed by atoms with van der Waals surface area (Å²) in [6, 6.07) is 21.6. The van der Waals surface area contributed by atoms with Crippen LogP contribution in [0.1, 0.15) is 23.3 Å². The fraction of sp³-hybridized carbons (Fsp3) is 0.222. The van der Waals surface area contributed by atoms with Gasteiger partial charge >= 0.3 is 5.97 Å². The highest BCUT2D eigenvalue weighted by Gasteiger charge is 2.49. The Morgan fingerprint density at radius 1 is 1.03 bits per heavy atom. The number of anilines is 1. The molecule has 3 unspecified atom stereocenters. The number of carboxylic acid groups (broad SMARTS) is 1. The predicted octanol–water partition coefficient (Wildman–Crippen LogP) is 3.33. The van der Waals surface area contributed by atoms with E-state index >= 15 is 0 Å². The Kier molecular flexibility index (Phi) is 8.42. The van der Waals surface area contributed by atoms with E-state index < -0.39 is 29.8 Å². The molecule has 10 heteroatoms. The first-order valence-electron chi connectivity index (χ1n) is 11.5. The van der Waals surface area contributed by atoms with Crippen molar-refractivity contribution in [2.24, 2.45) is 0 Å². The van der Waals surface area contributed by atoms with Crippen molar-refractivity contribution in [2.75, 3.05) is 23.8 Å². The van der Waals surface area contributed by atoms with Crippen LogP contribution in [0.4, 0.5) is 10.1 Å². The predicted molar refractivity (Wildman–Crippen MR) is 137 cm³/mol. The summed E-state index contributed by atoms with van der Waals surface area (Å²) >= 11 is 1.34. The number of aliphatic hydroxyl groups excluding tert-OH is 1. The van der Waals surface area contributed by atoms with Gasteiger partial charge in [0, 0.05) is 11.4 Å². The van der Waals surface area contributed by atoms with Crippen LogP contribution in [0.5, 0.6) is 5.75 Å². The molecule has 3 aromatic carbocycles. The van der Waals surface area contributed by atoms with Gasteiger partial charge in [-0.3, -0.25) is 14.4 Å². The highest BCUT2D eigenvalue weighted by atomic mass is 32.2. The number of aliphatic hydroxyl groups is 1. The van der Waals surface area contributed by atoms with Crippen molar-refractivity contribution in [3.8, 4) is 5.75 Å². The van der Waals surface area contributed by atoms with Gasteiger partial charge in [0.05, 0.1) is 12.1 Å². The SMILES string of the molecule is O=C(O)CNC(=O)COc1ccc(C2C(SCC(O)c3ccc(F)cc3)C(=O)N2c2ccccc2)cc1. The summed E-state index contributed by atoms with van der Waals surface area (Å²) in [5, 5.41) is 21.0. The Labute approximate surface area is 217 Å². The lowest BCUT2D eigenvalue weighted by Crippen LogP contribution is -2.57. The number of aliphatic carboxylic acids is 1. The van der Waals surface area contributed by atoms with Crippen LogP contribution < -0.4 is 15.0 Å². The van der Waals surface area contributed by atoms with Crippen LogP contribution in [-0.2, 0) is 14.4 Å². The van der Waals surface area contributed by atoms with E-state index in [-0.39, 0.29) is 30.1 Å². The maximum Gasteiger partial charge on any atom is 0.322 e. The summed E-state index contributed by atoms with van der Waals surface area (Å²) < 4.78 is 18.6. The second kappa shape index (κ2) is 11.9. The molecule has 3 aromatic rings. The number of halogens is 1. The second-order valence-electron chi connectivity index (χ2n) is 8.34. The summed E-state index contributed by atoms with van der Waals surface area (Å²) in [4.78, 5) is 37.1. The molecule has 0 bridgehead atoms. The lowest BCUT2D eigenvalue weighted by molar-refractivity contribution is -0.138. The fourth-order valence-electron chi connectivity index (χ4n) is 3.94. The maximum atomic E-state index is 13.2. The van der Waals surface area contributed by atoms with Gasteiger partial charge in [0.15, 0.2) is 6.61 Å². The molecule has 3 atom stereocenters. The Bertz CT molecular complexity index is 1240. The summed E-state index contributed by atoms with van der Waals surface area (Å²) in [6.45, 7) is -0.814. The third-order valence-corrected chi connectivity index (χ3v) is 7.12. The van der Waals surface area contributed by atoms with Crippen LogP contribution in [-0.4, -0.2) is 52.2 Å². The van der Waals surface area contributed by atoms with Crippen molar-refractivity contribution in [3.63, 3.8) is 0 Å². The highest BCUT2D eigenvalue weighted by molar-refractivity contribution is 8.00. The van der Waals surface area contributed by atoms with Crippen LogP contribution in [0, 0.1) is 5.82 Å². The first-order chi connectivity index (χ1) is 17.8. The Hall–Kier alpha value is -3.89. The van der Waals surface area contributed by atoms with E-state index in [1.807, 2.05) is 42.5 Å². The third-order valence-electron chi connectivity index (χ3n) is 5.80.